The number of ether oxygens (including phenoxy) is 1. The third-order valence-electron chi connectivity index (χ3n) is 3.65. The molecule has 2 N–H and O–H groups in total. The number of anilines is 1. The maximum Gasteiger partial charge on any atom is 0.223 e. The summed E-state index contributed by atoms with van der Waals surface area (Å²) in [6.07, 6.45) is 5.15. The minimum Gasteiger partial charge on any atom is -0.489 e. The molecule has 0 radical (unpaired) electrons. The molecule has 0 saturated heterocycles. The van der Waals surface area contributed by atoms with Crippen LogP contribution in [-0.4, -0.2) is 31.1 Å². The number of aryl methyl sites for hydroxylation is 1. The van der Waals surface area contributed by atoms with Crippen molar-refractivity contribution in [1.29, 1.82) is 0 Å². The van der Waals surface area contributed by atoms with Gasteiger partial charge in [-0.1, -0.05) is 24.3 Å². The SMILES string of the molecule is C=CCOc1c(C)cnc(Cn2cnc3c(Cl)nc(N)nc32)c1C. The molecule has 0 amide bonds. The Balaban J connectivity index is 2.01. The number of hydrogen-bond acceptors (Lipinski definition) is 6. The Morgan fingerprint density at radius 3 is 2.88 bits per heavy atom. The Hall–Kier alpha value is -2.67. The van der Waals surface area contributed by atoms with Crippen LogP contribution in [0, 0.1) is 13.8 Å². The number of pyridine rings is 1. The Morgan fingerprint density at radius 2 is 2.12 bits per heavy atom. The molecule has 124 valence electrons. The Morgan fingerprint density at radius 1 is 1.33 bits per heavy atom. The van der Waals surface area contributed by atoms with Crippen LogP contribution in [0.2, 0.25) is 5.15 Å². The molecule has 24 heavy (non-hydrogen) atoms. The molecule has 3 rings (SSSR count). The Labute approximate surface area is 144 Å². The van der Waals surface area contributed by atoms with Crippen LogP contribution in [-0.2, 0) is 6.54 Å². The molecule has 0 unspecified atom stereocenters. The highest BCUT2D eigenvalue weighted by molar-refractivity contribution is 6.33. The largest absolute Gasteiger partial charge is 0.489 e. The van der Waals surface area contributed by atoms with Gasteiger partial charge in [0.05, 0.1) is 18.6 Å². The second kappa shape index (κ2) is 6.45. The molecular weight excluding hydrogens is 328 g/mol. The average molecular weight is 345 g/mol. The summed E-state index contributed by atoms with van der Waals surface area (Å²) in [5, 5.41) is 0.236. The fourth-order valence-corrected chi connectivity index (χ4v) is 2.70. The highest BCUT2D eigenvalue weighted by Gasteiger charge is 2.14. The van der Waals surface area contributed by atoms with E-state index in [4.69, 9.17) is 22.1 Å². The zero-order valence-corrected chi connectivity index (χ0v) is 14.2. The molecule has 0 aliphatic carbocycles. The van der Waals surface area contributed by atoms with E-state index in [1.165, 1.54) is 0 Å². The molecular formula is C16H17ClN6O. The smallest absolute Gasteiger partial charge is 0.223 e. The molecule has 0 aliphatic heterocycles. The molecule has 8 heteroatoms. The van der Waals surface area contributed by atoms with Crippen LogP contribution < -0.4 is 10.5 Å². The molecule has 7 nitrogen and oxygen atoms in total. The maximum atomic E-state index is 6.06. The number of fused-ring (bicyclic) bond motifs is 1. The standard InChI is InChI=1S/C16H17ClN6O/c1-4-5-24-13-9(2)6-19-11(10(13)3)7-23-8-20-12-14(17)21-16(18)22-15(12)23/h4,6,8H,1,5,7H2,2-3H3,(H2,18,21,22). The van der Waals surface area contributed by atoms with Crippen LogP contribution in [0.4, 0.5) is 5.95 Å². The lowest BCUT2D eigenvalue weighted by Crippen LogP contribution is -2.08. The van der Waals surface area contributed by atoms with E-state index in [0.29, 0.717) is 24.3 Å². The molecule has 0 spiro atoms. The first-order chi connectivity index (χ1) is 11.5. The van der Waals surface area contributed by atoms with Gasteiger partial charge in [-0.15, -0.1) is 0 Å². The van der Waals surface area contributed by atoms with Crippen LogP contribution in [0.15, 0.2) is 25.2 Å². The van der Waals surface area contributed by atoms with Gasteiger partial charge in [0.1, 0.15) is 17.9 Å². The molecule has 0 atom stereocenters. The van der Waals surface area contributed by atoms with E-state index in [9.17, 15) is 0 Å². The van der Waals surface area contributed by atoms with Gasteiger partial charge in [-0.25, -0.2) is 4.98 Å². The number of nitrogens with zero attached hydrogens (tertiary/aromatic N) is 5. The van der Waals surface area contributed by atoms with Crippen molar-refractivity contribution < 1.29 is 4.74 Å². The van der Waals surface area contributed by atoms with E-state index >= 15 is 0 Å². The summed E-state index contributed by atoms with van der Waals surface area (Å²) in [6, 6.07) is 0. The molecule has 3 heterocycles. The lowest BCUT2D eigenvalue weighted by atomic mass is 10.1. The van der Waals surface area contributed by atoms with Crippen molar-refractivity contribution in [2.75, 3.05) is 12.3 Å². The van der Waals surface area contributed by atoms with Gasteiger partial charge < -0.3 is 15.0 Å². The van der Waals surface area contributed by atoms with Crippen molar-refractivity contribution in [3.8, 4) is 5.75 Å². The first-order valence-corrected chi connectivity index (χ1v) is 7.71. The molecule has 0 saturated carbocycles. The number of hydrogen-bond donors (Lipinski definition) is 1. The fraction of sp³-hybridized carbons (Fsp3) is 0.250. The Bertz CT molecular complexity index is 921. The van der Waals surface area contributed by atoms with Crippen LogP contribution in [0.1, 0.15) is 16.8 Å². The van der Waals surface area contributed by atoms with E-state index in [-0.39, 0.29) is 11.1 Å². The number of nitrogen functional groups attached to an aromatic ring is 1. The van der Waals surface area contributed by atoms with Crippen LogP contribution in [0.25, 0.3) is 11.2 Å². The van der Waals surface area contributed by atoms with Crippen molar-refractivity contribution in [3.05, 3.63) is 47.2 Å². The minimum absolute atomic E-state index is 0.109. The highest BCUT2D eigenvalue weighted by Crippen LogP contribution is 2.26. The van der Waals surface area contributed by atoms with Gasteiger partial charge in [0.15, 0.2) is 10.8 Å². The first-order valence-electron chi connectivity index (χ1n) is 7.34. The summed E-state index contributed by atoms with van der Waals surface area (Å²) in [5.41, 5.74) is 9.56. The maximum absolute atomic E-state index is 6.06. The zero-order valence-electron chi connectivity index (χ0n) is 13.5. The summed E-state index contributed by atoms with van der Waals surface area (Å²) in [5.74, 6) is 0.925. The van der Waals surface area contributed by atoms with Gasteiger partial charge in [-0.2, -0.15) is 9.97 Å². The van der Waals surface area contributed by atoms with Crippen molar-refractivity contribution in [2.24, 2.45) is 0 Å². The van der Waals surface area contributed by atoms with Crippen LogP contribution >= 0.6 is 11.6 Å². The summed E-state index contributed by atoms with van der Waals surface area (Å²) >= 11 is 6.06. The minimum atomic E-state index is 0.109. The van der Waals surface area contributed by atoms with E-state index < -0.39 is 0 Å². The quantitative estimate of drug-likeness (QED) is 0.565. The van der Waals surface area contributed by atoms with Crippen molar-refractivity contribution >= 4 is 28.7 Å². The lowest BCUT2D eigenvalue weighted by Gasteiger charge is -2.14. The van der Waals surface area contributed by atoms with E-state index in [1.807, 2.05) is 18.4 Å². The zero-order chi connectivity index (χ0) is 17.3. The van der Waals surface area contributed by atoms with Gasteiger partial charge >= 0.3 is 0 Å². The Kier molecular flexibility index (Phi) is 4.35. The number of nitrogens with two attached hydrogens (primary N) is 1. The second-order valence-electron chi connectivity index (χ2n) is 5.36. The van der Waals surface area contributed by atoms with Gasteiger partial charge in [0.2, 0.25) is 5.95 Å². The summed E-state index contributed by atoms with van der Waals surface area (Å²) in [6.45, 7) is 8.53. The normalized spacial score (nSPS) is 11.0. The van der Waals surface area contributed by atoms with Crippen LogP contribution in [0.5, 0.6) is 5.75 Å². The van der Waals surface area contributed by atoms with Crippen LogP contribution in [0.3, 0.4) is 0 Å². The molecule has 3 aromatic heterocycles. The fourth-order valence-electron chi connectivity index (χ4n) is 2.48. The molecule has 0 fully saturated rings. The topological polar surface area (TPSA) is 91.7 Å². The van der Waals surface area contributed by atoms with E-state index in [2.05, 4.69) is 26.5 Å². The average Bonchev–Trinajstić information content (AvgIpc) is 2.93. The van der Waals surface area contributed by atoms with Gasteiger partial charge in [0.25, 0.3) is 0 Å². The van der Waals surface area contributed by atoms with Gasteiger partial charge in [0, 0.05) is 17.3 Å². The second-order valence-corrected chi connectivity index (χ2v) is 5.72. The summed E-state index contributed by atoms with van der Waals surface area (Å²) in [7, 11) is 0. The number of halogens is 1. The summed E-state index contributed by atoms with van der Waals surface area (Å²) < 4.78 is 7.59. The number of aromatic nitrogens is 5. The first kappa shape index (κ1) is 16.2. The van der Waals surface area contributed by atoms with Crippen molar-refractivity contribution in [3.63, 3.8) is 0 Å². The monoisotopic (exact) mass is 344 g/mol. The highest BCUT2D eigenvalue weighted by atomic mass is 35.5. The van der Waals surface area contributed by atoms with E-state index in [1.54, 1.807) is 18.6 Å². The number of imidazole rings is 1. The van der Waals surface area contributed by atoms with E-state index in [0.717, 1.165) is 22.6 Å². The molecule has 0 bridgehead atoms. The van der Waals surface area contributed by atoms with Crippen molar-refractivity contribution in [1.82, 2.24) is 24.5 Å². The lowest BCUT2D eigenvalue weighted by molar-refractivity contribution is 0.356. The predicted molar refractivity (Wildman–Crippen MR) is 93.3 cm³/mol. The molecule has 3 aromatic rings. The number of rotatable bonds is 5. The predicted octanol–water partition coefficient (Wildman–Crippen LogP) is 2.69. The molecule has 0 aliphatic rings. The van der Waals surface area contributed by atoms with Crippen molar-refractivity contribution in [2.45, 2.75) is 20.4 Å². The van der Waals surface area contributed by atoms with Gasteiger partial charge in [-0.05, 0) is 13.8 Å². The summed E-state index contributed by atoms with van der Waals surface area (Å²) in [4.78, 5) is 16.9. The third kappa shape index (κ3) is 2.90. The molecule has 0 aromatic carbocycles. The third-order valence-corrected chi connectivity index (χ3v) is 3.91. The van der Waals surface area contributed by atoms with Gasteiger partial charge in [-0.3, -0.25) is 4.98 Å².